The lowest BCUT2D eigenvalue weighted by Crippen LogP contribution is -2.08. The Morgan fingerprint density at radius 3 is 2.15 bits per heavy atom. The smallest absolute Gasteiger partial charge is 0.223 e. The van der Waals surface area contributed by atoms with Gasteiger partial charge in [0.25, 0.3) is 0 Å². The van der Waals surface area contributed by atoms with Crippen LogP contribution in [0, 0.1) is 0 Å². The van der Waals surface area contributed by atoms with E-state index in [9.17, 15) is 21.6 Å². The maximum atomic E-state index is 12.6. The van der Waals surface area contributed by atoms with Crippen molar-refractivity contribution in [3.63, 3.8) is 0 Å². The molecule has 0 saturated carbocycles. The van der Waals surface area contributed by atoms with Crippen molar-refractivity contribution in [3.05, 3.63) is 65.7 Å². The molecule has 6 heteroatoms. The van der Waals surface area contributed by atoms with Crippen LogP contribution in [0.2, 0.25) is 0 Å². The second kappa shape index (κ2) is 5.28. The van der Waals surface area contributed by atoms with E-state index in [2.05, 4.69) is 0 Å². The van der Waals surface area contributed by atoms with Gasteiger partial charge in [0.15, 0.2) is 9.84 Å². The van der Waals surface area contributed by atoms with Crippen molar-refractivity contribution >= 4 is 9.84 Å². The second-order valence-electron chi connectivity index (χ2n) is 4.27. The van der Waals surface area contributed by atoms with Crippen LogP contribution in [0.25, 0.3) is 0 Å². The molecule has 2 aromatic rings. The lowest BCUT2D eigenvalue weighted by molar-refractivity contribution is -0.137. The minimum absolute atomic E-state index is 0.0948. The van der Waals surface area contributed by atoms with E-state index >= 15 is 0 Å². The summed E-state index contributed by atoms with van der Waals surface area (Å²) in [6.07, 6.45) is -4.48. The fourth-order valence-electron chi connectivity index (χ4n) is 1.77. The summed E-state index contributed by atoms with van der Waals surface area (Å²) < 4.78 is 61.9. The van der Waals surface area contributed by atoms with E-state index in [1.807, 2.05) is 0 Å². The van der Waals surface area contributed by atoms with Gasteiger partial charge in [0, 0.05) is 0 Å². The molecule has 2 aromatic carbocycles. The van der Waals surface area contributed by atoms with E-state index < -0.39 is 27.3 Å². The maximum Gasteiger partial charge on any atom is 0.416 e. The van der Waals surface area contributed by atoms with Gasteiger partial charge < -0.3 is 0 Å². The molecule has 0 heterocycles. The van der Waals surface area contributed by atoms with Crippen molar-refractivity contribution in [1.82, 2.24) is 0 Å². The molecule has 0 radical (unpaired) electrons. The molecule has 2 nitrogen and oxygen atoms in total. The summed E-state index contributed by atoms with van der Waals surface area (Å²) in [6, 6.07) is 12.0. The van der Waals surface area contributed by atoms with E-state index in [0.717, 1.165) is 12.1 Å². The summed E-state index contributed by atoms with van der Waals surface area (Å²) in [5, 5.41) is 0. The number of halogens is 3. The van der Waals surface area contributed by atoms with E-state index in [0.29, 0.717) is 0 Å². The van der Waals surface area contributed by atoms with Gasteiger partial charge in [0.05, 0.1) is 16.2 Å². The van der Waals surface area contributed by atoms with Crippen LogP contribution in [0.3, 0.4) is 0 Å². The van der Waals surface area contributed by atoms with Gasteiger partial charge in [-0.25, -0.2) is 8.42 Å². The molecule has 0 spiro atoms. The van der Waals surface area contributed by atoms with Crippen molar-refractivity contribution < 1.29 is 21.6 Å². The first kappa shape index (κ1) is 14.6. The summed E-state index contributed by atoms with van der Waals surface area (Å²) in [4.78, 5) is 0.0948. The highest BCUT2D eigenvalue weighted by atomic mass is 32.2. The van der Waals surface area contributed by atoms with Gasteiger partial charge in [-0.05, 0) is 23.8 Å². The minimum Gasteiger partial charge on any atom is -0.223 e. The molecule has 0 N–H and O–H groups in total. The quantitative estimate of drug-likeness (QED) is 0.866. The van der Waals surface area contributed by atoms with Crippen LogP contribution in [0.4, 0.5) is 13.2 Å². The Hall–Kier alpha value is -1.82. The Morgan fingerprint density at radius 1 is 0.900 bits per heavy atom. The van der Waals surface area contributed by atoms with Crippen LogP contribution in [0.1, 0.15) is 11.1 Å². The molecular weight excluding hydrogens is 289 g/mol. The predicted octanol–water partition coefficient (Wildman–Crippen LogP) is 3.68. The Morgan fingerprint density at radius 2 is 1.55 bits per heavy atom. The molecule has 0 aliphatic rings. The highest BCUT2D eigenvalue weighted by Gasteiger charge is 2.30. The number of benzene rings is 2. The highest BCUT2D eigenvalue weighted by Crippen LogP contribution is 2.30. The van der Waals surface area contributed by atoms with Crippen LogP contribution < -0.4 is 0 Å². The van der Waals surface area contributed by atoms with Gasteiger partial charge >= 0.3 is 6.18 Å². The van der Waals surface area contributed by atoms with E-state index in [1.54, 1.807) is 18.2 Å². The van der Waals surface area contributed by atoms with E-state index in [1.165, 1.54) is 24.3 Å². The number of hydrogen-bond donors (Lipinski definition) is 0. The van der Waals surface area contributed by atoms with Crippen LogP contribution in [-0.2, 0) is 21.8 Å². The van der Waals surface area contributed by atoms with Gasteiger partial charge in [-0.15, -0.1) is 0 Å². The molecule has 0 amide bonds. The third kappa shape index (κ3) is 3.39. The zero-order valence-electron chi connectivity index (χ0n) is 10.3. The number of rotatable bonds is 3. The van der Waals surface area contributed by atoms with Crippen molar-refractivity contribution in [3.8, 4) is 0 Å². The number of hydrogen-bond acceptors (Lipinski definition) is 2. The van der Waals surface area contributed by atoms with Gasteiger partial charge in [0.2, 0.25) is 0 Å². The van der Waals surface area contributed by atoms with Crippen molar-refractivity contribution in [2.45, 2.75) is 16.8 Å². The fourth-order valence-corrected chi connectivity index (χ4v) is 3.12. The van der Waals surface area contributed by atoms with Crippen LogP contribution in [-0.4, -0.2) is 8.42 Å². The third-order valence-corrected chi connectivity index (χ3v) is 4.42. The second-order valence-corrected chi connectivity index (χ2v) is 6.26. The Balaban J connectivity index is 2.31. The molecule has 2 rings (SSSR count). The van der Waals surface area contributed by atoms with Crippen molar-refractivity contribution in [2.75, 3.05) is 0 Å². The summed E-state index contributed by atoms with van der Waals surface area (Å²) in [5.41, 5.74) is -0.734. The Bertz CT molecular complexity index is 692. The van der Waals surface area contributed by atoms with Gasteiger partial charge in [-0.2, -0.15) is 13.2 Å². The molecule has 0 aromatic heterocycles. The topological polar surface area (TPSA) is 34.1 Å². The monoisotopic (exact) mass is 300 g/mol. The average Bonchev–Trinajstić information content (AvgIpc) is 2.38. The summed E-state index contributed by atoms with van der Waals surface area (Å²) in [6.45, 7) is 0. The van der Waals surface area contributed by atoms with Crippen molar-refractivity contribution in [1.29, 1.82) is 0 Å². The van der Waals surface area contributed by atoms with Gasteiger partial charge in [0.1, 0.15) is 0 Å². The molecule has 0 aliphatic carbocycles. The van der Waals surface area contributed by atoms with Crippen LogP contribution >= 0.6 is 0 Å². The van der Waals surface area contributed by atoms with Gasteiger partial charge in [-0.1, -0.05) is 36.4 Å². The first-order valence-electron chi connectivity index (χ1n) is 5.73. The largest absolute Gasteiger partial charge is 0.416 e. The minimum atomic E-state index is -4.48. The Labute approximate surface area is 114 Å². The average molecular weight is 300 g/mol. The molecule has 0 saturated heterocycles. The molecule has 20 heavy (non-hydrogen) atoms. The predicted molar refractivity (Wildman–Crippen MR) is 68.8 cm³/mol. The summed E-state index contributed by atoms with van der Waals surface area (Å²) in [7, 11) is -3.64. The summed E-state index contributed by atoms with van der Waals surface area (Å²) >= 11 is 0. The highest BCUT2D eigenvalue weighted by molar-refractivity contribution is 7.90. The summed E-state index contributed by atoms with van der Waals surface area (Å²) in [5.74, 6) is -0.457. The first-order valence-corrected chi connectivity index (χ1v) is 7.38. The maximum absolute atomic E-state index is 12.6. The molecule has 0 aliphatic heterocycles. The molecule has 0 unspecified atom stereocenters. The fraction of sp³-hybridized carbons (Fsp3) is 0.143. The normalized spacial score (nSPS) is 12.3. The first-order chi connectivity index (χ1) is 9.29. The standard InChI is InChI=1S/C14H11F3O2S/c15-14(16,17)12-6-4-5-11(9-12)10-20(18,19)13-7-2-1-3-8-13/h1-9H,10H2. The molecular formula is C14H11F3O2S. The number of sulfone groups is 1. The zero-order chi connectivity index (χ0) is 14.8. The molecule has 106 valence electrons. The zero-order valence-corrected chi connectivity index (χ0v) is 11.1. The third-order valence-electron chi connectivity index (χ3n) is 2.71. The number of alkyl halides is 3. The SMILES string of the molecule is O=S(=O)(Cc1cccc(C(F)(F)F)c1)c1ccccc1. The Kier molecular flexibility index (Phi) is 3.85. The van der Waals surface area contributed by atoms with Crippen LogP contribution in [0.5, 0.6) is 0 Å². The van der Waals surface area contributed by atoms with E-state index in [4.69, 9.17) is 0 Å². The lowest BCUT2D eigenvalue weighted by Gasteiger charge is -2.09. The van der Waals surface area contributed by atoms with Crippen molar-refractivity contribution in [2.24, 2.45) is 0 Å². The molecule has 0 fully saturated rings. The molecule has 0 bridgehead atoms. The van der Waals surface area contributed by atoms with E-state index in [-0.39, 0.29) is 10.5 Å². The van der Waals surface area contributed by atoms with Gasteiger partial charge in [-0.3, -0.25) is 0 Å². The molecule has 0 atom stereocenters. The van der Waals surface area contributed by atoms with Crippen LogP contribution in [0.15, 0.2) is 59.5 Å². The lowest BCUT2D eigenvalue weighted by atomic mass is 10.1.